The summed E-state index contributed by atoms with van der Waals surface area (Å²) in [6, 6.07) is 66.8. The topological polar surface area (TPSA) is 8.17 Å². The molecular formula is C52H36N2S. The van der Waals surface area contributed by atoms with Crippen LogP contribution in [0.2, 0.25) is 0 Å². The minimum absolute atomic E-state index is 0.225. The molecule has 10 aromatic rings. The molecular weight excluding hydrogens is 685 g/mol. The molecule has 1 atom stereocenters. The predicted octanol–water partition coefficient (Wildman–Crippen LogP) is 14.7. The third-order valence-electron chi connectivity index (χ3n) is 11.4. The van der Waals surface area contributed by atoms with E-state index in [0.29, 0.717) is 0 Å². The van der Waals surface area contributed by atoms with Crippen molar-refractivity contribution in [2.75, 3.05) is 4.90 Å². The van der Waals surface area contributed by atoms with Crippen LogP contribution < -0.4 is 4.90 Å². The molecule has 0 N–H and O–H groups in total. The standard InChI is InChI=1S/C52H36N2S/c1-2-13-35(14-3-1)41-16-6-9-22-47(41)53(38-28-25-37(26-29-38)43-20-12-21-45-44-18-8-11-24-50(44)55-52(43)45)39-30-32-40(33-31-39)54-48-23-10-7-19-46(48)51-42-17-5-4-15-36(42)27-34-49(51)54/h1-15,17-34,41H,16H2. The third-order valence-corrected chi connectivity index (χ3v) is 12.6. The van der Waals surface area contributed by atoms with E-state index in [-0.39, 0.29) is 5.92 Å². The van der Waals surface area contributed by atoms with Gasteiger partial charge in [0.2, 0.25) is 0 Å². The first kappa shape index (κ1) is 31.8. The van der Waals surface area contributed by atoms with Crippen molar-refractivity contribution in [3.05, 3.63) is 211 Å². The minimum atomic E-state index is 0.225. The monoisotopic (exact) mass is 720 g/mol. The van der Waals surface area contributed by atoms with E-state index in [2.05, 4.69) is 210 Å². The van der Waals surface area contributed by atoms with Crippen LogP contribution in [0.25, 0.3) is 69.6 Å². The first-order valence-electron chi connectivity index (χ1n) is 19.0. The van der Waals surface area contributed by atoms with Gasteiger partial charge in [-0.1, -0.05) is 140 Å². The van der Waals surface area contributed by atoms with E-state index in [0.717, 1.165) is 23.5 Å². The van der Waals surface area contributed by atoms with Gasteiger partial charge in [0.15, 0.2) is 0 Å². The van der Waals surface area contributed by atoms with Crippen molar-refractivity contribution < 1.29 is 0 Å². The van der Waals surface area contributed by atoms with E-state index in [1.165, 1.54) is 75.1 Å². The van der Waals surface area contributed by atoms with Crippen molar-refractivity contribution in [1.82, 2.24) is 4.57 Å². The lowest BCUT2D eigenvalue weighted by atomic mass is 9.88. The average Bonchev–Trinajstić information content (AvgIpc) is 3.81. The zero-order chi connectivity index (χ0) is 36.3. The Kier molecular flexibility index (Phi) is 7.53. The number of benzene rings is 8. The molecule has 0 fully saturated rings. The van der Waals surface area contributed by atoms with Crippen LogP contribution in [0, 0.1) is 0 Å². The van der Waals surface area contributed by atoms with Crippen molar-refractivity contribution in [1.29, 1.82) is 0 Å². The fourth-order valence-corrected chi connectivity index (χ4v) is 10.1. The largest absolute Gasteiger partial charge is 0.314 e. The molecule has 0 spiro atoms. The van der Waals surface area contributed by atoms with Crippen molar-refractivity contribution in [3.63, 3.8) is 0 Å². The number of hydrogen-bond donors (Lipinski definition) is 0. The van der Waals surface area contributed by atoms with Crippen LogP contribution in [0.3, 0.4) is 0 Å². The van der Waals surface area contributed by atoms with Gasteiger partial charge >= 0.3 is 0 Å². The molecule has 0 amide bonds. The average molecular weight is 721 g/mol. The summed E-state index contributed by atoms with van der Waals surface area (Å²) in [7, 11) is 0. The Labute approximate surface area is 324 Å². The summed E-state index contributed by atoms with van der Waals surface area (Å²) in [5.41, 5.74) is 11.0. The maximum Gasteiger partial charge on any atom is 0.0547 e. The number of aromatic nitrogens is 1. The second kappa shape index (κ2) is 13.0. The molecule has 1 aliphatic rings. The summed E-state index contributed by atoms with van der Waals surface area (Å²) in [4.78, 5) is 2.47. The van der Waals surface area contributed by atoms with E-state index >= 15 is 0 Å². The van der Waals surface area contributed by atoms with Gasteiger partial charge in [-0.15, -0.1) is 11.3 Å². The number of rotatable bonds is 6. The third kappa shape index (κ3) is 5.23. The lowest BCUT2D eigenvalue weighted by Gasteiger charge is -2.34. The molecule has 0 radical (unpaired) electrons. The molecule has 1 aliphatic carbocycles. The van der Waals surface area contributed by atoms with Crippen LogP contribution in [0.1, 0.15) is 17.9 Å². The molecule has 11 rings (SSSR count). The highest BCUT2D eigenvalue weighted by atomic mass is 32.1. The van der Waals surface area contributed by atoms with Gasteiger partial charge in [0.25, 0.3) is 0 Å². The number of nitrogens with zero attached hydrogens (tertiary/aromatic N) is 2. The summed E-state index contributed by atoms with van der Waals surface area (Å²) in [6.07, 6.45) is 7.77. The van der Waals surface area contributed by atoms with Crippen LogP contribution in [-0.4, -0.2) is 4.57 Å². The number of anilines is 2. The Hall–Kier alpha value is -6.68. The zero-order valence-electron chi connectivity index (χ0n) is 30.1. The predicted molar refractivity (Wildman–Crippen MR) is 236 cm³/mol. The number of thiophene rings is 1. The van der Waals surface area contributed by atoms with E-state index in [9.17, 15) is 0 Å². The van der Waals surface area contributed by atoms with Crippen molar-refractivity contribution in [2.24, 2.45) is 0 Å². The van der Waals surface area contributed by atoms with Crippen LogP contribution in [-0.2, 0) is 0 Å². The first-order valence-corrected chi connectivity index (χ1v) is 19.9. The number of fused-ring (bicyclic) bond motifs is 8. The SMILES string of the molecule is C1=CCC(c2ccccc2)C(N(c2ccc(-c3cccc4c3sc3ccccc34)cc2)c2ccc(-n3c4ccccc4c4c5ccccc5ccc43)cc2)=C1. The lowest BCUT2D eigenvalue weighted by Crippen LogP contribution is -2.23. The molecule has 2 heterocycles. The summed E-state index contributed by atoms with van der Waals surface area (Å²) in [5, 5.41) is 7.78. The fourth-order valence-electron chi connectivity index (χ4n) is 8.82. The smallest absolute Gasteiger partial charge is 0.0547 e. The molecule has 0 saturated heterocycles. The molecule has 260 valence electrons. The normalized spacial score (nSPS) is 14.3. The van der Waals surface area contributed by atoms with Crippen LogP contribution in [0.4, 0.5) is 11.4 Å². The second-order valence-corrected chi connectivity index (χ2v) is 15.5. The van der Waals surface area contributed by atoms with Gasteiger partial charge < -0.3 is 9.47 Å². The molecule has 2 nitrogen and oxygen atoms in total. The van der Waals surface area contributed by atoms with E-state index in [4.69, 9.17) is 0 Å². The van der Waals surface area contributed by atoms with Gasteiger partial charge in [-0.3, -0.25) is 0 Å². The van der Waals surface area contributed by atoms with Gasteiger partial charge in [-0.2, -0.15) is 0 Å². The number of allylic oxidation sites excluding steroid dienone is 4. The van der Waals surface area contributed by atoms with Gasteiger partial charge in [-0.25, -0.2) is 0 Å². The summed E-state index contributed by atoms with van der Waals surface area (Å²) < 4.78 is 5.09. The van der Waals surface area contributed by atoms with Crippen LogP contribution in [0.5, 0.6) is 0 Å². The van der Waals surface area contributed by atoms with E-state index in [1.807, 2.05) is 11.3 Å². The molecule has 0 aliphatic heterocycles. The molecule has 0 saturated carbocycles. The number of para-hydroxylation sites is 1. The maximum atomic E-state index is 2.47. The Balaban J connectivity index is 1.04. The van der Waals surface area contributed by atoms with E-state index in [1.54, 1.807) is 0 Å². The second-order valence-electron chi connectivity index (χ2n) is 14.4. The lowest BCUT2D eigenvalue weighted by molar-refractivity contribution is 0.774. The zero-order valence-corrected chi connectivity index (χ0v) is 31.0. The van der Waals surface area contributed by atoms with Gasteiger partial charge in [0.05, 0.1) is 11.0 Å². The summed E-state index contributed by atoms with van der Waals surface area (Å²) in [6.45, 7) is 0. The van der Waals surface area contributed by atoms with Crippen LogP contribution in [0.15, 0.2) is 206 Å². The molecule has 2 aromatic heterocycles. The Morgan fingerprint density at radius 2 is 1.22 bits per heavy atom. The van der Waals surface area contributed by atoms with Crippen molar-refractivity contribution >= 4 is 75.5 Å². The van der Waals surface area contributed by atoms with Crippen LogP contribution >= 0.6 is 11.3 Å². The fraction of sp³-hybridized carbons (Fsp3) is 0.0385. The van der Waals surface area contributed by atoms with Crippen molar-refractivity contribution in [3.8, 4) is 16.8 Å². The molecule has 3 heteroatoms. The summed E-state index contributed by atoms with van der Waals surface area (Å²) in [5.74, 6) is 0.225. The minimum Gasteiger partial charge on any atom is -0.314 e. The highest BCUT2D eigenvalue weighted by molar-refractivity contribution is 7.26. The molecule has 0 bridgehead atoms. The highest BCUT2D eigenvalue weighted by Crippen LogP contribution is 2.44. The molecule has 8 aromatic carbocycles. The Morgan fingerprint density at radius 1 is 0.527 bits per heavy atom. The summed E-state index contributed by atoms with van der Waals surface area (Å²) >= 11 is 1.88. The quantitative estimate of drug-likeness (QED) is 0.166. The Morgan fingerprint density at radius 3 is 2.05 bits per heavy atom. The highest BCUT2D eigenvalue weighted by Gasteiger charge is 2.26. The number of hydrogen-bond acceptors (Lipinski definition) is 2. The van der Waals surface area contributed by atoms with Crippen molar-refractivity contribution in [2.45, 2.75) is 12.3 Å². The van der Waals surface area contributed by atoms with E-state index < -0.39 is 0 Å². The van der Waals surface area contributed by atoms with Gasteiger partial charge in [0.1, 0.15) is 0 Å². The molecule has 1 unspecified atom stereocenters. The first-order chi connectivity index (χ1) is 27.3. The van der Waals surface area contributed by atoms with Gasteiger partial charge in [-0.05, 0) is 94.6 Å². The molecule has 55 heavy (non-hydrogen) atoms. The maximum absolute atomic E-state index is 2.47. The van der Waals surface area contributed by atoms with Gasteiger partial charge in [0, 0.05) is 59.6 Å². The Bertz CT molecular complexity index is 3110.